The van der Waals surface area contributed by atoms with Gasteiger partial charge in [-0.05, 0) is 44.9 Å². The number of rotatable bonds is 10. The van der Waals surface area contributed by atoms with Gasteiger partial charge in [-0.2, -0.15) is 0 Å². The summed E-state index contributed by atoms with van der Waals surface area (Å²) in [5, 5.41) is 6.57. The van der Waals surface area contributed by atoms with E-state index in [0.29, 0.717) is 6.54 Å². The quantitative estimate of drug-likeness (QED) is 0.364. The molecule has 29 heavy (non-hydrogen) atoms. The number of hydrogen-bond acceptors (Lipinski definition) is 4. The highest BCUT2D eigenvalue weighted by Crippen LogP contribution is 2.26. The number of ether oxygens (including phenoxy) is 2. The number of aryl methyl sites for hydroxylation is 1. The summed E-state index contributed by atoms with van der Waals surface area (Å²) in [4.78, 5) is 16.1. The average Bonchev–Trinajstić information content (AvgIpc) is 2.72. The van der Waals surface area contributed by atoms with E-state index in [9.17, 15) is 4.79 Å². The van der Waals surface area contributed by atoms with Gasteiger partial charge in [-0.25, -0.2) is 0 Å². The van der Waals surface area contributed by atoms with Crippen LogP contribution in [0.15, 0.2) is 52.3 Å². The molecule has 2 rings (SSSR count). The lowest BCUT2D eigenvalue weighted by Crippen LogP contribution is -2.42. The van der Waals surface area contributed by atoms with Crippen LogP contribution < -0.4 is 25.7 Å². The van der Waals surface area contributed by atoms with Crippen molar-refractivity contribution in [3.05, 3.63) is 58.5 Å². The summed E-state index contributed by atoms with van der Waals surface area (Å²) in [5.74, 6) is 2.17. The Labute approximate surface area is 172 Å². The lowest BCUT2D eigenvalue weighted by Gasteiger charge is -2.19. The van der Waals surface area contributed by atoms with E-state index in [2.05, 4.69) is 15.6 Å². The van der Waals surface area contributed by atoms with Crippen molar-refractivity contribution in [2.75, 3.05) is 27.2 Å². The second-order valence-electron chi connectivity index (χ2n) is 6.82. The molecule has 158 valence electrons. The minimum absolute atomic E-state index is 0.0551. The monoisotopic (exact) mass is 400 g/mol. The number of aromatic nitrogens is 1. The Balaban J connectivity index is 1.69. The lowest BCUT2D eigenvalue weighted by atomic mass is 10.3. The highest BCUT2D eigenvalue weighted by atomic mass is 16.5. The molecule has 0 saturated carbocycles. The van der Waals surface area contributed by atoms with E-state index in [1.54, 1.807) is 26.3 Å². The first-order valence-corrected chi connectivity index (χ1v) is 9.95. The molecule has 7 nitrogen and oxygen atoms in total. The van der Waals surface area contributed by atoms with Crippen LogP contribution in [0.2, 0.25) is 0 Å². The van der Waals surface area contributed by atoms with Crippen LogP contribution in [-0.4, -0.2) is 43.9 Å². The molecule has 0 aliphatic heterocycles. The minimum Gasteiger partial charge on any atom is -0.493 e. The van der Waals surface area contributed by atoms with Gasteiger partial charge in [0.15, 0.2) is 17.5 Å². The van der Waals surface area contributed by atoms with E-state index in [-0.39, 0.29) is 11.7 Å². The number of methoxy groups -OCH3 is 1. The van der Waals surface area contributed by atoms with Crippen LogP contribution in [0.25, 0.3) is 0 Å². The number of guanidine groups is 1. The molecule has 0 spiro atoms. The highest BCUT2D eigenvalue weighted by molar-refractivity contribution is 5.79. The number of nitrogens with one attached hydrogen (secondary N) is 2. The van der Waals surface area contributed by atoms with Crippen LogP contribution in [0.3, 0.4) is 0 Å². The molecule has 1 aromatic carbocycles. The molecule has 0 radical (unpaired) electrons. The second kappa shape index (κ2) is 11.8. The van der Waals surface area contributed by atoms with Crippen LogP contribution >= 0.6 is 0 Å². The van der Waals surface area contributed by atoms with Gasteiger partial charge in [-0.1, -0.05) is 18.2 Å². The molecule has 2 aromatic rings. The Morgan fingerprint density at radius 2 is 1.86 bits per heavy atom. The van der Waals surface area contributed by atoms with Crippen molar-refractivity contribution in [3.63, 3.8) is 0 Å². The van der Waals surface area contributed by atoms with Crippen molar-refractivity contribution in [1.82, 2.24) is 15.2 Å². The maximum atomic E-state index is 11.9. The zero-order valence-electron chi connectivity index (χ0n) is 17.8. The van der Waals surface area contributed by atoms with Gasteiger partial charge in [0.05, 0.1) is 13.7 Å². The summed E-state index contributed by atoms with van der Waals surface area (Å²) in [5.41, 5.74) is 1.05. The van der Waals surface area contributed by atoms with Gasteiger partial charge in [0.25, 0.3) is 5.56 Å². The third kappa shape index (κ3) is 7.18. The summed E-state index contributed by atoms with van der Waals surface area (Å²) in [6.45, 7) is 6.06. The Morgan fingerprint density at radius 1 is 1.10 bits per heavy atom. The summed E-state index contributed by atoms with van der Waals surface area (Å²) >= 11 is 0. The molecule has 7 heteroatoms. The van der Waals surface area contributed by atoms with E-state index >= 15 is 0 Å². The minimum atomic E-state index is -0.0576. The van der Waals surface area contributed by atoms with Crippen molar-refractivity contribution in [2.24, 2.45) is 4.99 Å². The van der Waals surface area contributed by atoms with E-state index in [1.165, 1.54) is 0 Å². The normalized spacial score (nSPS) is 12.3. The number of aliphatic imine (C=N–C) groups is 1. The van der Waals surface area contributed by atoms with Gasteiger partial charge in [0.1, 0.15) is 6.10 Å². The largest absolute Gasteiger partial charge is 0.493 e. The number of para-hydroxylation sites is 2. The third-order valence-corrected chi connectivity index (χ3v) is 4.55. The van der Waals surface area contributed by atoms with E-state index in [1.807, 2.05) is 48.7 Å². The van der Waals surface area contributed by atoms with Gasteiger partial charge < -0.3 is 24.7 Å². The van der Waals surface area contributed by atoms with E-state index in [4.69, 9.17) is 9.47 Å². The standard InChI is InChI=1S/C22H32N4O3/c1-17-10-9-13-21(27)26(17)15-8-7-14-24-22(23-3)25-16-18(2)29-20-12-6-5-11-19(20)28-4/h5-6,9-13,18H,7-8,14-16H2,1-4H3,(H2,23,24,25). The zero-order chi connectivity index (χ0) is 21.1. The molecule has 0 aliphatic rings. The Kier molecular flexibility index (Phi) is 9.08. The molecule has 1 unspecified atom stereocenters. The zero-order valence-corrected chi connectivity index (χ0v) is 17.8. The molecule has 0 bridgehead atoms. The molecule has 0 aliphatic carbocycles. The second-order valence-corrected chi connectivity index (χ2v) is 6.82. The smallest absolute Gasteiger partial charge is 0.250 e. The first-order valence-electron chi connectivity index (χ1n) is 9.95. The number of unbranched alkanes of at least 4 members (excludes halogenated alkanes) is 1. The van der Waals surface area contributed by atoms with Gasteiger partial charge in [0.2, 0.25) is 0 Å². The van der Waals surface area contributed by atoms with Gasteiger partial charge >= 0.3 is 0 Å². The van der Waals surface area contributed by atoms with E-state index < -0.39 is 0 Å². The number of nitrogens with zero attached hydrogens (tertiary/aromatic N) is 2. The molecule has 0 fully saturated rings. The summed E-state index contributed by atoms with van der Waals surface area (Å²) < 4.78 is 13.1. The molecule has 1 aromatic heterocycles. The SMILES string of the molecule is CN=C(NCCCCn1c(C)cccc1=O)NCC(C)Oc1ccccc1OC. The van der Waals surface area contributed by atoms with Crippen LogP contribution in [0, 0.1) is 6.92 Å². The molecular weight excluding hydrogens is 368 g/mol. The van der Waals surface area contributed by atoms with Crippen LogP contribution in [0.5, 0.6) is 11.5 Å². The maximum absolute atomic E-state index is 11.9. The Bertz CT molecular complexity index is 848. The van der Waals surface area contributed by atoms with Crippen molar-refractivity contribution >= 4 is 5.96 Å². The first kappa shape index (κ1) is 22.3. The molecule has 2 N–H and O–H groups in total. The van der Waals surface area contributed by atoms with Gasteiger partial charge in [-0.3, -0.25) is 9.79 Å². The fourth-order valence-corrected chi connectivity index (χ4v) is 2.95. The lowest BCUT2D eigenvalue weighted by molar-refractivity contribution is 0.213. The number of benzene rings is 1. The van der Waals surface area contributed by atoms with E-state index in [0.717, 1.165) is 49.1 Å². The van der Waals surface area contributed by atoms with Crippen LogP contribution in [0.1, 0.15) is 25.5 Å². The third-order valence-electron chi connectivity index (χ3n) is 4.55. The average molecular weight is 401 g/mol. The topological polar surface area (TPSA) is 76.9 Å². The summed E-state index contributed by atoms with van der Waals surface area (Å²) in [6.07, 6.45) is 1.80. The van der Waals surface area contributed by atoms with Crippen LogP contribution in [-0.2, 0) is 6.54 Å². The van der Waals surface area contributed by atoms with Crippen molar-refractivity contribution in [2.45, 2.75) is 39.3 Å². The predicted octanol–water partition coefficient (Wildman–Crippen LogP) is 2.58. The fraction of sp³-hybridized carbons (Fsp3) is 0.455. The first-order chi connectivity index (χ1) is 14.0. The highest BCUT2D eigenvalue weighted by Gasteiger charge is 2.09. The van der Waals surface area contributed by atoms with Gasteiger partial charge in [-0.15, -0.1) is 0 Å². The Hall–Kier alpha value is -2.96. The molecule has 0 amide bonds. The Morgan fingerprint density at radius 3 is 2.55 bits per heavy atom. The molecule has 1 heterocycles. The predicted molar refractivity (Wildman–Crippen MR) is 117 cm³/mol. The summed E-state index contributed by atoms with van der Waals surface area (Å²) in [7, 11) is 3.38. The molecule has 1 atom stereocenters. The van der Waals surface area contributed by atoms with Crippen LogP contribution in [0.4, 0.5) is 0 Å². The van der Waals surface area contributed by atoms with Crippen molar-refractivity contribution in [1.29, 1.82) is 0 Å². The maximum Gasteiger partial charge on any atom is 0.250 e. The fourth-order valence-electron chi connectivity index (χ4n) is 2.95. The molecular formula is C22H32N4O3. The van der Waals surface area contributed by atoms with Crippen molar-refractivity contribution in [3.8, 4) is 11.5 Å². The molecule has 0 saturated heterocycles. The van der Waals surface area contributed by atoms with Crippen molar-refractivity contribution < 1.29 is 9.47 Å². The number of hydrogen-bond donors (Lipinski definition) is 2. The summed E-state index contributed by atoms with van der Waals surface area (Å²) in [6, 6.07) is 13.0. The van der Waals surface area contributed by atoms with Gasteiger partial charge in [0, 0.05) is 31.9 Å². The number of pyridine rings is 1.